The number of nitrogens with one attached hydrogen (secondary N) is 2. The minimum absolute atomic E-state index is 0.0662. The largest absolute Gasteiger partial charge is 0.469 e. The molecule has 0 aliphatic rings. The number of amides is 1. The highest BCUT2D eigenvalue weighted by Gasteiger charge is 2.20. The number of rotatable bonds is 8. The maximum Gasteiger partial charge on any atom is 0.314 e. The topological polar surface area (TPSA) is 67.4 Å². The summed E-state index contributed by atoms with van der Waals surface area (Å²) in [5.41, 5.74) is 0.876. The van der Waals surface area contributed by atoms with Crippen molar-refractivity contribution in [2.24, 2.45) is 0 Å². The first-order valence-electron chi connectivity index (χ1n) is 6.79. The second-order valence-electron chi connectivity index (χ2n) is 4.47. The molecule has 1 rings (SSSR count). The summed E-state index contributed by atoms with van der Waals surface area (Å²) in [6.45, 7) is 3.23. The predicted molar refractivity (Wildman–Crippen MR) is 77.4 cm³/mol. The van der Waals surface area contributed by atoms with Gasteiger partial charge in [-0.3, -0.25) is 9.59 Å². The van der Waals surface area contributed by atoms with Crippen molar-refractivity contribution in [3.8, 4) is 0 Å². The first kappa shape index (κ1) is 16.2. The van der Waals surface area contributed by atoms with Crippen molar-refractivity contribution >= 4 is 11.9 Å². The summed E-state index contributed by atoms with van der Waals surface area (Å²) in [6, 6.07) is 9.39. The zero-order valence-corrected chi connectivity index (χ0v) is 12.0. The molecule has 5 heteroatoms. The molecule has 1 unspecified atom stereocenters. The molecule has 1 aromatic carbocycles. The van der Waals surface area contributed by atoms with Crippen LogP contribution in [0.3, 0.4) is 0 Å². The SMILES string of the molecule is CCCNC(=O)CNCC(C(=O)OC)c1ccccc1. The molecule has 0 saturated heterocycles. The van der Waals surface area contributed by atoms with E-state index in [1.165, 1.54) is 7.11 Å². The Kier molecular flexibility index (Phi) is 7.35. The van der Waals surface area contributed by atoms with E-state index < -0.39 is 5.92 Å². The van der Waals surface area contributed by atoms with Crippen LogP contribution in [0, 0.1) is 0 Å². The number of hydrogen-bond acceptors (Lipinski definition) is 4. The molecule has 0 aliphatic carbocycles. The molecule has 1 aromatic rings. The molecular formula is C15H22N2O3. The van der Waals surface area contributed by atoms with Crippen LogP contribution < -0.4 is 10.6 Å². The van der Waals surface area contributed by atoms with Gasteiger partial charge < -0.3 is 15.4 Å². The fourth-order valence-corrected chi connectivity index (χ4v) is 1.82. The number of ether oxygens (including phenoxy) is 1. The molecule has 0 radical (unpaired) electrons. The van der Waals surface area contributed by atoms with Crippen LogP contribution in [0.5, 0.6) is 0 Å². The Morgan fingerprint density at radius 2 is 1.95 bits per heavy atom. The Bertz CT molecular complexity index is 420. The Morgan fingerprint density at radius 3 is 2.55 bits per heavy atom. The van der Waals surface area contributed by atoms with Gasteiger partial charge in [0.1, 0.15) is 0 Å². The lowest BCUT2D eigenvalue weighted by atomic mass is 9.99. The number of carbonyl (C=O) groups is 2. The summed E-state index contributed by atoms with van der Waals surface area (Å²) in [5.74, 6) is -0.777. The Hall–Kier alpha value is -1.88. The number of carbonyl (C=O) groups excluding carboxylic acids is 2. The van der Waals surface area contributed by atoms with Crippen molar-refractivity contribution in [1.29, 1.82) is 0 Å². The zero-order chi connectivity index (χ0) is 14.8. The standard InChI is InChI=1S/C15H22N2O3/c1-3-9-17-14(18)11-16-10-13(15(19)20-2)12-7-5-4-6-8-12/h4-8,13,16H,3,9-11H2,1-2H3,(H,17,18). The van der Waals surface area contributed by atoms with Crippen molar-refractivity contribution in [1.82, 2.24) is 10.6 Å². The van der Waals surface area contributed by atoms with Crippen molar-refractivity contribution in [2.75, 3.05) is 26.7 Å². The van der Waals surface area contributed by atoms with Crippen LogP contribution in [0.2, 0.25) is 0 Å². The molecule has 0 aliphatic heterocycles. The maximum absolute atomic E-state index is 11.8. The lowest BCUT2D eigenvalue weighted by Gasteiger charge is -2.15. The van der Waals surface area contributed by atoms with Gasteiger partial charge in [-0.05, 0) is 12.0 Å². The highest BCUT2D eigenvalue weighted by molar-refractivity contribution is 5.79. The van der Waals surface area contributed by atoms with Crippen LogP contribution in [-0.4, -0.2) is 38.6 Å². The Labute approximate surface area is 119 Å². The van der Waals surface area contributed by atoms with E-state index in [1.807, 2.05) is 37.3 Å². The predicted octanol–water partition coefficient (Wildman–Crippen LogP) is 1.06. The first-order chi connectivity index (χ1) is 9.69. The number of esters is 1. The van der Waals surface area contributed by atoms with Crippen LogP contribution in [-0.2, 0) is 14.3 Å². The molecule has 20 heavy (non-hydrogen) atoms. The second-order valence-corrected chi connectivity index (χ2v) is 4.47. The lowest BCUT2D eigenvalue weighted by molar-refractivity contribution is -0.142. The van der Waals surface area contributed by atoms with Crippen LogP contribution in [0.25, 0.3) is 0 Å². The molecular weight excluding hydrogens is 256 g/mol. The fourth-order valence-electron chi connectivity index (χ4n) is 1.82. The quantitative estimate of drug-likeness (QED) is 0.698. The zero-order valence-electron chi connectivity index (χ0n) is 12.0. The molecule has 0 aromatic heterocycles. The molecule has 0 saturated carbocycles. The van der Waals surface area contributed by atoms with Gasteiger partial charge in [-0.25, -0.2) is 0 Å². The minimum atomic E-state index is -0.403. The van der Waals surface area contributed by atoms with Crippen LogP contribution >= 0.6 is 0 Å². The Morgan fingerprint density at radius 1 is 1.25 bits per heavy atom. The van der Waals surface area contributed by atoms with E-state index in [2.05, 4.69) is 10.6 Å². The van der Waals surface area contributed by atoms with Gasteiger partial charge in [-0.15, -0.1) is 0 Å². The van der Waals surface area contributed by atoms with E-state index in [-0.39, 0.29) is 18.4 Å². The van der Waals surface area contributed by atoms with Gasteiger partial charge in [0.25, 0.3) is 0 Å². The van der Waals surface area contributed by atoms with Gasteiger partial charge in [0.15, 0.2) is 0 Å². The average Bonchev–Trinajstić information content (AvgIpc) is 2.49. The molecule has 0 fully saturated rings. The smallest absolute Gasteiger partial charge is 0.314 e. The molecule has 1 amide bonds. The molecule has 0 heterocycles. The summed E-state index contributed by atoms with van der Waals surface area (Å²) < 4.78 is 4.81. The normalized spacial score (nSPS) is 11.7. The van der Waals surface area contributed by atoms with E-state index in [9.17, 15) is 9.59 Å². The highest BCUT2D eigenvalue weighted by Crippen LogP contribution is 2.15. The van der Waals surface area contributed by atoms with Gasteiger partial charge >= 0.3 is 5.97 Å². The van der Waals surface area contributed by atoms with E-state index in [0.29, 0.717) is 13.1 Å². The lowest BCUT2D eigenvalue weighted by Crippen LogP contribution is -2.37. The third-order valence-corrected chi connectivity index (χ3v) is 2.89. The molecule has 0 spiro atoms. The summed E-state index contributed by atoms with van der Waals surface area (Å²) in [5, 5.41) is 5.77. The third kappa shape index (κ3) is 5.40. The average molecular weight is 278 g/mol. The van der Waals surface area contributed by atoms with Crippen molar-refractivity contribution in [3.63, 3.8) is 0 Å². The molecule has 2 N–H and O–H groups in total. The molecule has 0 bridgehead atoms. The summed E-state index contributed by atoms with van der Waals surface area (Å²) in [4.78, 5) is 23.3. The van der Waals surface area contributed by atoms with E-state index >= 15 is 0 Å². The van der Waals surface area contributed by atoms with Gasteiger partial charge in [0.05, 0.1) is 19.6 Å². The monoisotopic (exact) mass is 278 g/mol. The number of benzene rings is 1. The third-order valence-electron chi connectivity index (χ3n) is 2.89. The second kappa shape index (κ2) is 9.09. The summed E-state index contributed by atoms with van der Waals surface area (Å²) in [7, 11) is 1.37. The van der Waals surface area contributed by atoms with E-state index in [0.717, 1.165) is 12.0 Å². The number of hydrogen-bond donors (Lipinski definition) is 2. The number of methoxy groups -OCH3 is 1. The van der Waals surface area contributed by atoms with E-state index in [1.54, 1.807) is 0 Å². The van der Waals surface area contributed by atoms with Gasteiger partial charge in [-0.1, -0.05) is 37.3 Å². The van der Waals surface area contributed by atoms with Gasteiger partial charge in [-0.2, -0.15) is 0 Å². The van der Waals surface area contributed by atoms with Crippen LogP contribution in [0.1, 0.15) is 24.8 Å². The van der Waals surface area contributed by atoms with Crippen molar-refractivity contribution in [2.45, 2.75) is 19.3 Å². The van der Waals surface area contributed by atoms with Gasteiger partial charge in [0.2, 0.25) is 5.91 Å². The van der Waals surface area contributed by atoms with E-state index in [4.69, 9.17) is 4.74 Å². The first-order valence-corrected chi connectivity index (χ1v) is 6.79. The Balaban J connectivity index is 2.51. The maximum atomic E-state index is 11.8. The van der Waals surface area contributed by atoms with Crippen LogP contribution in [0.4, 0.5) is 0 Å². The van der Waals surface area contributed by atoms with Gasteiger partial charge in [0, 0.05) is 13.1 Å². The molecule has 110 valence electrons. The van der Waals surface area contributed by atoms with Crippen molar-refractivity contribution < 1.29 is 14.3 Å². The van der Waals surface area contributed by atoms with Crippen molar-refractivity contribution in [3.05, 3.63) is 35.9 Å². The minimum Gasteiger partial charge on any atom is -0.469 e. The van der Waals surface area contributed by atoms with Crippen LogP contribution in [0.15, 0.2) is 30.3 Å². The molecule has 1 atom stereocenters. The molecule has 5 nitrogen and oxygen atoms in total. The summed E-state index contributed by atoms with van der Waals surface area (Å²) >= 11 is 0. The summed E-state index contributed by atoms with van der Waals surface area (Å²) in [6.07, 6.45) is 0.903. The highest BCUT2D eigenvalue weighted by atomic mass is 16.5. The fraction of sp³-hybridized carbons (Fsp3) is 0.467.